The predicted molar refractivity (Wildman–Crippen MR) is 103 cm³/mol. The Hall–Kier alpha value is -3.28. The molecule has 0 aliphatic heterocycles. The molecular weight excluding hydrogens is 341 g/mol. The number of imidazole rings is 1. The number of H-pyrrole nitrogens is 1. The number of nitrogens with zero attached hydrogens (tertiary/aromatic N) is 3. The van der Waals surface area contributed by atoms with Crippen LogP contribution >= 0.6 is 0 Å². The van der Waals surface area contributed by atoms with E-state index in [1.807, 2.05) is 42.5 Å². The van der Waals surface area contributed by atoms with Crippen LogP contribution in [-0.2, 0) is 5.54 Å². The van der Waals surface area contributed by atoms with Gasteiger partial charge < -0.3 is 10.3 Å². The molecule has 0 saturated heterocycles. The zero-order chi connectivity index (χ0) is 18.3. The highest BCUT2D eigenvalue weighted by Crippen LogP contribution is 2.43. The third-order valence-corrected chi connectivity index (χ3v) is 5.35. The lowest BCUT2D eigenvalue weighted by Gasteiger charge is -2.43. The first-order valence-electron chi connectivity index (χ1n) is 9.03. The smallest absolute Gasteiger partial charge is 0.149 e. The van der Waals surface area contributed by atoms with E-state index in [0.717, 1.165) is 52.9 Å². The van der Waals surface area contributed by atoms with Gasteiger partial charge in [-0.3, -0.25) is 0 Å². The minimum absolute atomic E-state index is 0.182. The summed E-state index contributed by atoms with van der Waals surface area (Å²) >= 11 is 0. The van der Waals surface area contributed by atoms with Gasteiger partial charge in [0.15, 0.2) is 0 Å². The van der Waals surface area contributed by atoms with E-state index in [9.17, 15) is 4.39 Å². The number of rotatable bonds is 4. The molecule has 0 amide bonds. The Labute approximate surface area is 155 Å². The van der Waals surface area contributed by atoms with Crippen molar-refractivity contribution in [3.63, 3.8) is 0 Å². The summed E-state index contributed by atoms with van der Waals surface area (Å²) in [5, 5.41) is 12.3. The molecule has 2 aromatic carbocycles. The van der Waals surface area contributed by atoms with Crippen molar-refractivity contribution in [2.24, 2.45) is 0 Å². The first-order chi connectivity index (χ1) is 13.2. The predicted octanol–water partition coefficient (Wildman–Crippen LogP) is 4.65. The fraction of sp³-hybridized carbons (Fsp3) is 0.190. The molecule has 4 aromatic rings. The second kappa shape index (κ2) is 6.16. The van der Waals surface area contributed by atoms with Gasteiger partial charge in [0.1, 0.15) is 11.6 Å². The Kier molecular flexibility index (Phi) is 3.63. The number of nitrogens with one attached hydrogen (secondary N) is 2. The summed E-state index contributed by atoms with van der Waals surface area (Å²) in [7, 11) is 0. The van der Waals surface area contributed by atoms with Crippen LogP contribution in [0.3, 0.4) is 0 Å². The molecule has 5 nitrogen and oxygen atoms in total. The summed E-state index contributed by atoms with van der Waals surface area (Å²) in [6.07, 6.45) is 4.82. The topological polar surface area (TPSA) is 66.5 Å². The third kappa shape index (κ3) is 2.83. The zero-order valence-electron chi connectivity index (χ0n) is 14.6. The molecule has 1 aliphatic rings. The second-order valence-electron chi connectivity index (χ2n) is 7.01. The second-order valence-corrected chi connectivity index (χ2v) is 7.01. The molecule has 2 aromatic heterocycles. The van der Waals surface area contributed by atoms with Crippen LogP contribution < -0.4 is 5.32 Å². The molecule has 0 radical (unpaired) electrons. The molecule has 0 atom stereocenters. The maximum absolute atomic E-state index is 13.3. The largest absolute Gasteiger partial charge is 0.359 e. The molecule has 5 rings (SSSR count). The summed E-state index contributed by atoms with van der Waals surface area (Å²) in [6.45, 7) is 0. The molecule has 0 unspecified atom stereocenters. The fourth-order valence-corrected chi connectivity index (χ4v) is 3.68. The van der Waals surface area contributed by atoms with Crippen LogP contribution in [0, 0.1) is 5.82 Å². The summed E-state index contributed by atoms with van der Waals surface area (Å²) in [5.74, 6) is 0.511. The first kappa shape index (κ1) is 15.9. The van der Waals surface area contributed by atoms with Crippen LogP contribution in [-0.4, -0.2) is 20.2 Å². The Morgan fingerprint density at radius 1 is 0.963 bits per heavy atom. The van der Waals surface area contributed by atoms with E-state index in [0.29, 0.717) is 0 Å². The molecule has 1 aliphatic carbocycles. The van der Waals surface area contributed by atoms with Crippen LogP contribution in [0.25, 0.3) is 22.3 Å². The average molecular weight is 359 g/mol. The lowest BCUT2D eigenvalue weighted by atomic mass is 9.72. The number of aromatic amines is 1. The van der Waals surface area contributed by atoms with E-state index in [1.165, 1.54) is 12.1 Å². The van der Waals surface area contributed by atoms with Crippen molar-refractivity contribution in [3.05, 3.63) is 72.3 Å². The van der Waals surface area contributed by atoms with E-state index in [2.05, 4.69) is 25.5 Å². The van der Waals surface area contributed by atoms with Crippen molar-refractivity contribution in [1.29, 1.82) is 0 Å². The molecule has 1 saturated carbocycles. The molecular formula is C21H18FN5. The summed E-state index contributed by atoms with van der Waals surface area (Å²) in [6, 6.07) is 16.6. The van der Waals surface area contributed by atoms with Gasteiger partial charge in [-0.1, -0.05) is 18.2 Å². The Morgan fingerprint density at radius 2 is 1.81 bits per heavy atom. The third-order valence-electron chi connectivity index (χ3n) is 5.35. The number of halogens is 1. The number of aromatic nitrogens is 4. The van der Waals surface area contributed by atoms with Crippen molar-refractivity contribution >= 4 is 16.9 Å². The molecule has 0 bridgehead atoms. The summed E-state index contributed by atoms with van der Waals surface area (Å²) in [4.78, 5) is 7.34. The highest BCUT2D eigenvalue weighted by atomic mass is 19.1. The Bertz CT molecular complexity index is 1080. The zero-order valence-corrected chi connectivity index (χ0v) is 14.6. The van der Waals surface area contributed by atoms with Crippen molar-refractivity contribution in [3.8, 4) is 11.3 Å². The molecule has 134 valence electrons. The van der Waals surface area contributed by atoms with Gasteiger partial charge in [0, 0.05) is 5.56 Å². The van der Waals surface area contributed by atoms with Crippen LogP contribution in [0.4, 0.5) is 10.2 Å². The van der Waals surface area contributed by atoms with Crippen molar-refractivity contribution in [2.45, 2.75) is 24.8 Å². The van der Waals surface area contributed by atoms with E-state index in [-0.39, 0.29) is 11.4 Å². The number of hydrogen-bond donors (Lipinski definition) is 2. The van der Waals surface area contributed by atoms with Crippen molar-refractivity contribution in [1.82, 2.24) is 20.2 Å². The van der Waals surface area contributed by atoms with Gasteiger partial charge >= 0.3 is 0 Å². The summed E-state index contributed by atoms with van der Waals surface area (Å²) < 4.78 is 13.3. The van der Waals surface area contributed by atoms with E-state index in [4.69, 9.17) is 0 Å². The Morgan fingerprint density at radius 3 is 2.52 bits per heavy atom. The van der Waals surface area contributed by atoms with Crippen LogP contribution in [0.15, 0.2) is 60.9 Å². The van der Waals surface area contributed by atoms with E-state index in [1.54, 1.807) is 6.33 Å². The van der Waals surface area contributed by atoms with E-state index < -0.39 is 0 Å². The highest BCUT2D eigenvalue weighted by molar-refractivity contribution is 5.80. The number of hydrogen-bond acceptors (Lipinski definition) is 4. The van der Waals surface area contributed by atoms with Gasteiger partial charge in [-0.2, -0.15) is 0 Å². The molecule has 2 N–H and O–H groups in total. The van der Waals surface area contributed by atoms with E-state index >= 15 is 0 Å². The molecule has 27 heavy (non-hydrogen) atoms. The van der Waals surface area contributed by atoms with Gasteiger partial charge in [0.05, 0.1) is 28.6 Å². The standard InChI is InChI=1S/C21H18FN5/c22-16-5-3-15(4-6-16)21(10-1-11-21)25-20-9-8-17(26-27-20)14-2-7-18-19(12-14)24-13-23-18/h2-9,12-13H,1,10-11H2,(H,23,24)(H,25,27). The fourth-order valence-electron chi connectivity index (χ4n) is 3.68. The van der Waals surface area contributed by atoms with Gasteiger partial charge in [0.25, 0.3) is 0 Å². The van der Waals surface area contributed by atoms with Crippen LogP contribution in [0.2, 0.25) is 0 Å². The maximum atomic E-state index is 13.3. The van der Waals surface area contributed by atoms with Gasteiger partial charge in [0.2, 0.25) is 0 Å². The van der Waals surface area contributed by atoms with Gasteiger partial charge in [-0.15, -0.1) is 10.2 Å². The highest BCUT2D eigenvalue weighted by Gasteiger charge is 2.39. The normalized spacial score (nSPS) is 15.4. The quantitative estimate of drug-likeness (QED) is 0.557. The van der Waals surface area contributed by atoms with Gasteiger partial charge in [-0.25, -0.2) is 9.37 Å². The average Bonchev–Trinajstić information content (AvgIpc) is 3.14. The minimum Gasteiger partial charge on any atom is -0.359 e. The number of anilines is 1. The van der Waals surface area contributed by atoms with Crippen molar-refractivity contribution < 1.29 is 4.39 Å². The Balaban J connectivity index is 1.40. The van der Waals surface area contributed by atoms with Gasteiger partial charge in [-0.05, 0) is 61.2 Å². The lowest BCUT2D eigenvalue weighted by Crippen LogP contribution is -2.42. The SMILES string of the molecule is Fc1ccc(C2(Nc3ccc(-c4ccc5nc[nH]c5c4)nn3)CCC2)cc1. The summed E-state index contributed by atoms with van der Waals surface area (Å²) in [5.41, 5.74) is 4.60. The lowest BCUT2D eigenvalue weighted by molar-refractivity contribution is 0.283. The van der Waals surface area contributed by atoms with Crippen LogP contribution in [0.5, 0.6) is 0 Å². The minimum atomic E-state index is -0.216. The molecule has 1 fully saturated rings. The molecule has 0 spiro atoms. The monoisotopic (exact) mass is 359 g/mol. The molecule has 6 heteroatoms. The number of fused-ring (bicyclic) bond motifs is 1. The molecule has 2 heterocycles. The van der Waals surface area contributed by atoms with Crippen molar-refractivity contribution in [2.75, 3.05) is 5.32 Å². The number of benzene rings is 2. The first-order valence-corrected chi connectivity index (χ1v) is 9.03. The maximum Gasteiger partial charge on any atom is 0.149 e. The van der Waals surface area contributed by atoms with Crippen LogP contribution in [0.1, 0.15) is 24.8 Å².